The van der Waals surface area contributed by atoms with Crippen molar-refractivity contribution in [2.24, 2.45) is 0 Å². The number of fused-ring (bicyclic) bond motifs is 1. The first-order valence-corrected chi connectivity index (χ1v) is 7.40. The molecule has 2 rings (SSSR count). The van der Waals surface area contributed by atoms with Gasteiger partial charge in [-0.15, -0.1) is 0 Å². The minimum Gasteiger partial charge on any atom is -0.396 e. The maximum Gasteiger partial charge on any atom is 0.0443 e. The molecule has 0 spiro atoms. The normalized spacial score (nSPS) is 17.9. The van der Waals surface area contributed by atoms with Crippen molar-refractivity contribution in [3.63, 3.8) is 0 Å². The lowest BCUT2D eigenvalue weighted by Gasteiger charge is -2.29. The molecule has 1 aromatic rings. The Kier molecular flexibility index (Phi) is 5.83. The van der Waals surface area contributed by atoms with Gasteiger partial charge in [0.25, 0.3) is 0 Å². The lowest BCUT2D eigenvalue weighted by atomic mass is 10.1. The van der Waals surface area contributed by atoms with Crippen molar-refractivity contribution in [3.8, 4) is 0 Å². The Morgan fingerprint density at radius 2 is 1.74 bits per heavy atom. The van der Waals surface area contributed by atoms with E-state index < -0.39 is 0 Å². The first-order chi connectivity index (χ1) is 9.36. The highest BCUT2D eigenvalue weighted by Gasteiger charge is 2.26. The molecule has 1 unspecified atom stereocenters. The highest BCUT2D eigenvalue weighted by Crippen LogP contribution is 2.35. The molecular formula is C16H25NO2. The van der Waals surface area contributed by atoms with Crippen LogP contribution in [0.1, 0.15) is 42.9 Å². The number of aliphatic hydroxyl groups excluding tert-OH is 2. The number of benzene rings is 1. The van der Waals surface area contributed by atoms with E-state index in [1.165, 1.54) is 17.5 Å². The molecule has 19 heavy (non-hydrogen) atoms. The monoisotopic (exact) mass is 263 g/mol. The fourth-order valence-corrected chi connectivity index (χ4v) is 3.04. The van der Waals surface area contributed by atoms with Gasteiger partial charge in [0.2, 0.25) is 0 Å². The zero-order valence-corrected chi connectivity index (χ0v) is 11.6. The van der Waals surface area contributed by atoms with E-state index in [2.05, 4.69) is 29.2 Å². The zero-order chi connectivity index (χ0) is 13.5. The Balaban J connectivity index is 2.01. The predicted octanol–water partition coefficient (Wildman–Crippen LogP) is 2.13. The van der Waals surface area contributed by atoms with Crippen molar-refractivity contribution in [2.45, 2.75) is 38.1 Å². The van der Waals surface area contributed by atoms with Gasteiger partial charge in [0.15, 0.2) is 0 Å². The summed E-state index contributed by atoms with van der Waals surface area (Å²) >= 11 is 0. The summed E-state index contributed by atoms with van der Waals surface area (Å²) in [5, 5.41) is 18.0. The third-order valence-corrected chi connectivity index (χ3v) is 4.00. The highest BCUT2D eigenvalue weighted by atomic mass is 16.3. The Morgan fingerprint density at radius 3 is 2.53 bits per heavy atom. The molecule has 0 amide bonds. The van der Waals surface area contributed by atoms with E-state index in [0.717, 1.165) is 38.8 Å². The van der Waals surface area contributed by atoms with Crippen LogP contribution in [0.3, 0.4) is 0 Å². The number of hydrogen-bond acceptors (Lipinski definition) is 3. The zero-order valence-electron chi connectivity index (χ0n) is 11.6. The molecule has 1 aliphatic carbocycles. The molecular weight excluding hydrogens is 238 g/mol. The number of unbranched alkanes of at least 4 members (excludes halogenated alkanes) is 1. The molecule has 0 saturated heterocycles. The summed E-state index contributed by atoms with van der Waals surface area (Å²) in [5.74, 6) is 0. The van der Waals surface area contributed by atoms with Crippen LogP contribution < -0.4 is 0 Å². The Hall–Kier alpha value is -0.900. The van der Waals surface area contributed by atoms with Crippen molar-refractivity contribution in [2.75, 3.05) is 26.3 Å². The van der Waals surface area contributed by atoms with E-state index in [9.17, 15) is 0 Å². The second-order valence-electron chi connectivity index (χ2n) is 5.30. The molecule has 1 aliphatic rings. The summed E-state index contributed by atoms with van der Waals surface area (Å²) < 4.78 is 0. The van der Waals surface area contributed by atoms with E-state index in [1.54, 1.807) is 0 Å². The summed E-state index contributed by atoms with van der Waals surface area (Å²) in [6.45, 7) is 2.49. The minimum atomic E-state index is 0.255. The molecule has 0 radical (unpaired) electrons. The molecule has 0 fully saturated rings. The van der Waals surface area contributed by atoms with Crippen LogP contribution in [-0.2, 0) is 6.42 Å². The molecule has 1 atom stereocenters. The lowest BCUT2D eigenvalue weighted by molar-refractivity contribution is 0.165. The number of aryl methyl sites for hydroxylation is 1. The van der Waals surface area contributed by atoms with Gasteiger partial charge in [-0.05, 0) is 49.8 Å². The first kappa shape index (κ1) is 14.5. The molecule has 0 aliphatic heterocycles. The molecule has 3 heteroatoms. The molecule has 0 heterocycles. The molecule has 106 valence electrons. The Bertz CT molecular complexity index is 381. The molecule has 0 bridgehead atoms. The summed E-state index contributed by atoms with van der Waals surface area (Å²) in [5.41, 5.74) is 2.94. The third kappa shape index (κ3) is 3.78. The van der Waals surface area contributed by atoms with Crippen molar-refractivity contribution in [1.29, 1.82) is 0 Å². The van der Waals surface area contributed by atoms with Gasteiger partial charge in [0.1, 0.15) is 0 Å². The van der Waals surface area contributed by atoms with Gasteiger partial charge in [0, 0.05) is 25.8 Å². The quantitative estimate of drug-likeness (QED) is 0.706. The number of hydrogen-bond donors (Lipinski definition) is 2. The summed E-state index contributed by atoms with van der Waals surface area (Å²) in [6, 6.07) is 9.21. The van der Waals surface area contributed by atoms with Crippen LogP contribution in [0, 0.1) is 0 Å². The van der Waals surface area contributed by atoms with Crippen LogP contribution in [0.25, 0.3) is 0 Å². The van der Waals surface area contributed by atoms with Gasteiger partial charge in [-0.3, -0.25) is 4.90 Å². The largest absolute Gasteiger partial charge is 0.396 e. The number of aliphatic hydroxyl groups is 2. The first-order valence-electron chi connectivity index (χ1n) is 7.40. The van der Waals surface area contributed by atoms with Gasteiger partial charge < -0.3 is 10.2 Å². The van der Waals surface area contributed by atoms with Crippen LogP contribution in [-0.4, -0.2) is 41.4 Å². The second-order valence-corrected chi connectivity index (χ2v) is 5.30. The van der Waals surface area contributed by atoms with E-state index in [1.807, 2.05) is 0 Å². The average Bonchev–Trinajstić information content (AvgIpc) is 2.87. The van der Waals surface area contributed by atoms with Crippen molar-refractivity contribution in [3.05, 3.63) is 35.4 Å². The molecule has 2 N–H and O–H groups in total. The molecule has 0 aromatic heterocycles. The summed E-state index contributed by atoms with van der Waals surface area (Å²) in [6.07, 6.45) is 5.07. The average molecular weight is 263 g/mol. The van der Waals surface area contributed by atoms with Gasteiger partial charge in [0.05, 0.1) is 0 Å². The van der Waals surface area contributed by atoms with Crippen LogP contribution in [0.15, 0.2) is 24.3 Å². The third-order valence-electron chi connectivity index (χ3n) is 4.00. The molecule has 0 saturated carbocycles. The fourth-order valence-electron chi connectivity index (χ4n) is 3.04. The van der Waals surface area contributed by atoms with Gasteiger partial charge in [-0.25, -0.2) is 0 Å². The van der Waals surface area contributed by atoms with Crippen molar-refractivity contribution < 1.29 is 10.2 Å². The van der Waals surface area contributed by atoms with Gasteiger partial charge in [-0.2, -0.15) is 0 Å². The van der Waals surface area contributed by atoms with Crippen LogP contribution in [0.4, 0.5) is 0 Å². The summed E-state index contributed by atoms with van der Waals surface area (Å²) in [7, 11) is 0. The predicted molar refractivity (Wildman–Crippen MR) is 77.1 cm³/mol. The van der Waals surface area contributed by atoms with E-state index in [4.69, 9.17) is 10.2 Å². The van der Waals surface area contributed by atoms with Gasteiger partial charge >= 0.3 is 0 Å². The van der Waals surface area contributed by atoms with Crippen LogP contribution in [0.5, 0.6) is 0 Å². The Morgan fingerprint density at radius 1 is 1.00 bits per heavy atom. The molecule has 3 nitrogen and oxygen atoms in total. The standard InChI is InChI=1S/C16H25NO2/c18-12-4-3-10-17(11-5-13-19)16-9-8-14-6-1-2-7-15(14)16/h1-2,6-7,16,18-19H,3-5,8-13H2. The molecule has 1 aromatic carbocycles. The van der Waals surface area contributed by atoms with Crippen LogP contribution >= 0.6 is 0 Å². The van der Waals surface area contributed by atoms with Gasteiger partial charge in [-0.1, -0.05) is 24.3 Å². The van der Waals surface area contributed by atoms with Crippen LogP contribution in [0.2, 0.25) is 0 Å². The minimum absolute atomic E-state index is 0.255. The van der Waals surface area contributed by atoms with E-state index >= 15 is 0 Å². The fraction of sp³-hybridized carbons (Fsp3) is 0.625. The van der Waals surface area contributed by atoms with E-state index in [-0.39, 0.29) is 13.2 Å². The topological polar surface area (TPSA) is 43.7 Å². The van der Waals surface area contributed by atoms with Crippen molar-refractivity contribution >= 4 is 0 Å². The summed E-state index contributed by atoms with van der Waals surface area (Å²) in [4.78, 5) is 2.48. The number of rotatable bonds is 8. The maximum absolute atomic E-state index is 9.06. The lowest BCUT2D eigenvalue weighted by Crippen LogP contribution is -2.30. The maximum atomic E-state index is 9.06. The Labute approximate surface area is 115 Å². The SMILES string of the molecule is OCCCCN(CCCO)C1CCc2ccccc21. The highest BCUT2D eigenvalue weighted by molar-refractivity contribution is 5.34. The number of nitrogens with zero attached hydrogens (tertiary/aromatic N) is 1. The smallest absolute Gasteiger partial charge is 0.0443 e. The van der Waals surface area contributed by atoms with Crippen molar-refractivity contribution in [1.82, 2.24) is 4.90 Å². The van der Waals surface area contributed by atoms with E-state index in [0.29, 0.717) is 6.04 Å². The second kappa shape index (κ2) is 7.63.